The van der Waals surface area contributed by atoms with E-state index in [4.69, 9.17) is 5.84 Å². The molecule has 0 aromatic heterocycles. The van der Waals surface area contributed by atoms with Gasteiger partial charge in [0.25, 0.3) is 0 Å². The lowest BCUT2D eigenvalue weighted by Gasteiger charge is -2.42. The number of nitrogens with two attached hydrogens (primary N) is 1. The fourth-order valence-corrected chi connectivity index (χ4v) is 2.10. The molecule has 0 amide bonds. The molecule has 96 valence electrons. The highest BCUT2D eigenvalue weighted by Crippen LogP contribution is 2.32. The Morgan fingerprint density at radius 1 is 1.47 bits per heavy atom. The van der Waals surface area contributed by atoms with Crippen LogP contribution in [0.15, 0.2) is 24.3 Å². The van der Waals surface area contributed by atoms with Gasteiger partial charge in [0.05, 0.1) is 6.04 Å². The van der Waals surface area contributed by atoms with Gasteiger partial charge in [0.2, 0.25) is 0 Å². The Morgan fingerprint density at radius 3 is 2.53 bits per heavy atom. The molecule has 1 rings (SSSR count). The van der Waals surface area contributed by atoms with Crippen LogP contribution in [0.4, 0.5) is 4.39 Å². The minimum Gasteiger partial charge on any atom is -0.302 e. The minimum atomic E-state index is -0.236. The van der Waals surface area contributed by atoms with Crippen molar-refractivity contribution >= 4 is 0 Å². The van der Waals surface area contributed by atoms with Gasteiger partial charge >= 0.3 is 0 Å². The summed E-state index contributed by atoms with van der Waals surface area (Å²) in [7, 11) is 4.01. The number of hydrazine groups is 1. The van der Waals surface area contributed by atoms with Crippen LogP contribution < -0.4 is 11.3 Å². The maximum atomic E-state index is 13.3. The SMILES string of the molecule is CCC(C)(C(NN)c1cccc(F)c1)N(C)C. The van der Waals surface area contributed by atoms with Crippen LogP contribution in [0.2, 0.25) is 0 Å². The molecule has 0 saturated heterocycles. The van der Waals surface area contributed by atoms with Gasteiger partial charge in [-0.05, 0) is 45.1 Å². The minimum absolute atomic E-state index is 0.113. The van der Waals surface area contributed by atoms with Crippen molar-refractivity contribution in [1.29, 1.82) is 0 Å². The van der Waals surface area contributed by atoms with E-state index in [2.05, 4.69) is 24.2 Å². The van der Waals surface area contributed by atoms with Gasteiger partial charge in [-0.15, -0.1) is 0 Å². The van der Waals surface area contributed by atoms with Gasteiger partial charge in [-0.1, -0.05) is 19.1 Å². The zero-order valence-corrected chi connectivity index (χ0v) is 11.0. The number of nitrogens with zero attached hydrogens (tertiary/aromatic N) is 1. The summed E-state index contributed by atoms with van der Waals surface area (Å²) in [4.78, 5) is 2.11. The van der Waals surface area contributed by atoms with Crippen molar-refractivity contribution in [1.82, 2.24) is 10.3 Å². The molecule has 1 aromatic rings. The van der Waals surface area contributed by atoms with E-state index < -0.39 is 0 Å². The molecule has 0 heterocycles. The number of nitrogens with one attached hydrogen (secondary N) is 1. The standard InChI is InChI=1S/C13H22FN3/c1-5-13(2,17(3)4)12(16-15)10-7-6-8-11(14)9-10/h6-9,12,16H,5,15H2,1-4H3. The quantitative estimate of drug-likeness (QED) is 0.610. The highest BCUT2D eigenvalue weighted by molar-refractivity contribution is 5.23. The second-order valence-electron chi connectivity index (χ2n) is 4.76. The van der Waals surface area contributed by atoms with Crippen LogP contribution in [-0.4, -0.2) is 24.5 Å². The zero-order chi connectivity index (χ0) is 13.1. The average Bonchev–Trinajstić information content (AvgIpc) is 2.29. The van der Waals surface area contributed by atoms with Gasteiger partial charge in [-0.2, -0.15) is 0 Å². The number of likely N-dealkylation sites (N-methyl/N-ethyl adjacent to an activating group) is 1. The third-order valence-corrected chi connectivity index (χ3v) is 3.71. The maximum Gasteiger partial charge on any atom is 0.123 e. The number of halogens is 1. The molecular weight excluding hydrogens is 217 g/mol. The van der Waals surface area contributed by atoms with Crippen molar-refractivity contribution < 1.29 is 4.39 Å². The topological polar surface area (TPSA) is 41.3 Å². The van der Waals surface area contributed by atoms with E-state index in [1.165, 1.54) is 12.1 Å². The molecule has 2 unspecified atom stereocenters. The van der Waals surface area contributed by atoms with Crippen LogP contribution in [0, 0.1) is 5.82 Å². The normalized spacial score (nSPS) is 16.9. The maximum absolute atomic E-state index is 13.3. The highest BCUT2D eigenvalue weighted by Gasteiger charge is 2.35. The summed E-state index contributed by atoms with van der Waals surface area (Å²) in [5, 5.41) is 0. The van der Waals surface area contributed by atoms with Gasteiger partial charge in [0.1, 0.15) is 5.82 Å². The Bertz CT molecular complexity index is 367. The second kappa shape index (κ2) is 5.58. The summed E-state index contributed by atoms with van der Waals surface area (Å²) >= 11 is 0. The molecule has 0 saturated carbocycles. The third-order valence-electron chi connectivity index (χ3n) is 3.71. The molecule has 1 aromatic carbocycles. The van der Waals surface area contributed by atoms with Crippen molar-refractivity contribution in [3.8, 4) is 0 Å². The van der Waals surface area contributed by atoms with E-state index in [-0.39, 0.29) is 17.4 Å². The Kier molecular flexibility index (Phi) is 4.62. The lowest BCUT2D eigenvalue weighted by Crippen LogP contribution is -2.53. The van der Waals surface area contributed by atoms with E-state index >= 15 is 0 Å². The van der Waals surface area contributed by atoms with Crippen molar-refractivity contribution in [3.05, 3.63) is 35.6 Å². The first-order valence-electron chi connectivity index (χ1n) is 5.84. The Balaban J connectivity index is 3.14. The fraction of sp³-hybridized carbons (Fsp3) is 0.538. The van der Waals surface area contributed by atoms with Crippen molar-refractivity contribution in [2.24, 2.45) is 5.84 Å². The molecule has 0 radical (unpaired) electrons. The van der Waals surface area contributed by atoms with E-state index in [0.29, 0.717) is 0 Å². The van der Waals surface area contributed by atoms with Gasteiger partial charge in [-0.3, -0.25) is 11.3 Å². The molecule has 0 aliphatic carbocycles. The van der Waals surface area contributed by atoms with E-state index in [9.17, 15) is 4.39 Å². The summed E-state index contributed by atoms with van der Waals surface area (Å²) < 4.78 is 13.3. The number of hydrogen-bond acceptors (Lipinski definition) is 3. The second-order valence-corrected chi connectivity index (χ2v) is 4.76. The smallest absolute Gasteiger partial charge is 0.123 e. The molecule has 0 spiro atoms. The van der Waals surface area contributed by atoms with Crippen LogP contribution in [0.1, 0.15) is 31.9 Å². The lowest BCUT2D eigenvalue weighted by molar-refractivity contribution is 0.113. The van der Waals surface area contributed by atoms with Crippen LogP contribution in [0.25, 0.3) is 0 Å². The molecule has 17 heavy (non-hydrogen) atoms. The van der Waals surface area contributed by atoms with Gasteiger partial charge in [-0.25, -0.2) is 4.39 Å². The van der Waals surface area contributed by atoms with Crippen molar-refractivity contribution in [2.75, 3.05) is 14.1 Å². The summed E-state index contributed by atoms with van der Waals surface area (Å²) in [5.41, 5.74) is 3.51. The Morgan fingerprint density at radius 2 is 2.12 bits per heavy atom. The summed E-state index contributed by atoms with van der Waals surface area (Å²) in [5.74, 6) is 5.42. The number of hydrogen-bond donors (Lipinski definition) is 2. The first kappa shape index (κ1) is 14.1. The van der Waals surface area contributed by atoms with E-state index in [0.717, 1.165) is 12.0 Å². The molecule has 3 N–H and O–H groups in total. The van der Waals surface area contributed by atoms with Crippen LogP contribution in [-0.2, 0) is 0 Å². The Labute approximate surface area is 103 Å². The summed E-state index contributed by atoms with van der Waals surface area (Å²) in [6, 6.07) is 6.46. The third kappa shape index (κ3) is 2.83. The fourth-order valence-electron chi connectivity index (χ4n) is 2.10. The average molecular weight is 239 g/mol. The first-order chi connectivity index (χ1) is 7.95. The lowest BCUT2D eigenvalue weighted by atomic mass is 9.84. The van der Waals surface area contributed by atoms with Crippen LogP contribution in [0.3, 0.4) is 0 Å². The Hall–Kier alpha value is -0.970. The molecule has 2 atom stereocenters. The zero-order valence-electron chi connectivity index (χ0n) is 11.0. The highest BCUT2D eigenvalue weighted by atomic mass is 19.1. The van der Waals surface area contributed by atoms with Crippen LogP contribution in [0.5, 0.6) is 0 Å². The molecular formula is C13H22FN3. The monoisotopic (exact) mass is 239 g/mol. The van der Waals surface area contributed by atoms with E-state index in [1.807, 2.05) is 20.2 Å². The predicted octanol–water partition coefficient (Wildman–Crippen LogP) is 2.06. The van der Waals surface area contributed by atoms with Crippen LogP contribution >= 0.6 is 0 Å². The van der Waals surface area contributed by atoms with Crippen molar-refractivity contribution in [2.45, 2.75) is 31.8 Å². The molecule has 0 aliphatic rings. The number of rotatable bonds is 5. The molecule has 0 fully saturated rings. The predicted molar refractivity (Wildman–Crippen MR) is 68.8 cm³/mol. The van der Waals surface area contributed by atoms with Gasteiger partial charge < -0.3 is 4.90 Å². The molecule has 4 heteroatoms. The molecule has 0 aliphatic heterocycles. The summed E-state index contributed by atoms with van der Waals surface area (Å²) in [6.45, 7) is 4.21. The molecule has 3 nitrogen and oxygen atoms in total. The van der Waals surface area contributed by atoms with Gasteiger partial charge in [0, 0.05) is 5.54 Å². The van der Waals surface area contributed by atoms with Gasteiger partial charge in [0.15, 0.2) is 0 Å². The van der Waals surface area contributed by atoms with E-state index in [1.54, 1.807) is 6.07 Å². The first-order valence-corrected chi connectivity index (χ1v) is 5.84. The summed E-state index contributed by atoms with van der Waals surface area (Å²) in [6.07, 6.45) is 0.908. The largest absolute Gasteiger partial charge is 0.302 e. The number of benzene rings is 1. The molecule has 0 bridgehead atoms. The van der Waals surface area contributed by atoms with Crippen molar-refractivity contribution in [3.63, 3.8) is 0 Å².